The van der Waals surface area contributed by atoms with Gasteiger partial charge in [0.05, 0.1) is 5.57 Å². The minimum absolute atomic E-state index is 0.396. The number of carboxylic acid groups (broad SMARTS) is 1. The molecule has 1 N–H and O–H groups in total. The second-order valence-electron chi connectivity index (χ2n) is 3.08. The van der Waals surface area contributed by atoms with Crippen LogP contribution in [0.2, 0.25) is 0 Å². The maximum atomic E-state index is 10.9. The Labute approximate surface area is 83.9 Å². The van der Waals surface area contributed by atoms with E-state index in [1.54, 1.807) is 6.08 Å². The minimum Gasteiger partial charge on any atom is -0.478 e. The Morgan fingerprint density at radius 1 is 1.36 bits per heavy atom. The van der Waals surface area contributed by atoms with Crippen molar-refractivity contribution >= 4 is 11.5 Å². The summed E-state index contributed by atoms with van der Waals surface area (Å²) in [5.41, 5.74) is 1.17. The summed E-state index contributed by atoms with van der Waals surface area (Å²) in [6.07, 6.45) is 3.54. The molecule has 0 heterocycles. The van der Waals surface area contributed by atoms with Crippen LogP contribution in [-0.4, -0.2) is 11.1 Å². The maximum absolute atomic E-state index is 10.9. The molecule has 0 fully saturated rings. The summed E-state index contributed by atoms with van der Waals surface area (Å²) in [6, 6.07) is 9.20. The molecule has 0 atom stereocenters. The van der Waals surface area contributed by atoms with E-state index in [2.05, 4.69) is 0 Å². The zero-order chi connectivity index (χ0) is 10.4. The molecule has 0 saturated carbocycles. The van der Waals surface area contributed by atoms with E-state index in [0.717, 1.165) is 18.4 Å². The van der Waals surface area contributed by atoms with Crippen molar-refractivity contribution in [3.63, 3.8) is 0 Å². The number of allylic oxidation sites excluding steroid dienone is 1. The summed E-state index contributed by atoms with van der Waals surface area (Å²) in [4.78, 5) is 10.9. The molecule has 0 unspecified atom stereocenters. The molecule has 0 bridgehead atoms. The van der Waals surface area contributed by atoms with Gasteiger partial charge in [0, 0.05) is 0 Å². The Morgan fingerprint density at radius 3 is 2.50 bits per heavy atom. The van der Waals surface area contributed by atoms with Crippen LogP contribution in [0, 0.1) is 0 Å². The van der Waals surface area contributed by atoms with E-state index in [1.165, 1.54) is 0 Å². The first-order chi connectivity index (χ1) is 6.75. The van der Waals surface area contributed by atoms with E-state index in [0.29, 0.717) is 5.57 Å². The molecule has 74 valence electrons. The largest absolute Gasteiger partial charge is 0.478 e. The van der Waals surface area contributed by atoms with E-state index >= 15 is 0 Å². The fourth-order valence-electron chi connectivity index (χ4n) is 1.24. The van der Waals surface area contributed by atoms with Crippen LogP contribution in [0.4, 0.5) is 0 Å². The lowest BCUT2D eigenvalue weighted by Crippen LogP contribution is -1.99. The minimum atomic E-state index is -0.857. The highest BCUT2D eigenvalue weighted by molar-refractivity contribution is 6.15. The van der Waals surface area contributed by atoms with Crippen LogP contribution < -0.4 is 0 Å². The highest BCUT2D eigenvalue weighted by atomic mass is 16.4. The van der Waals surface area contributed by atoms with Crippen molar-refractivity contribution in [1.29, 1.82) is 0 Å². The molecule has 14 heavy (non-hydrogen) atoms. The van der Waals surface area contributed by atoms with Gasteiger partial charge in [0.25, 0.3) is 0 Å². The van der Waals surface area contributed by atoms with Crippen molar-refractivity contribution in [3.8, 4) is 0 Å². The smallest absolute Gasteiger partial charge is 0.335 e. The lowest BCUT2D eigenvalue weighted by atomic mass is 10.0. The van der Waals surface area contributed by atoms with E-state index < -0.39 is 5.97 Å². The number of carbonyl (C=O) groups is 1. The topological polar surface area (TPSA) is 37.3 Å². The molecule has 1 aromatic carbocycles. The molecule has 0 aliphatic heterocycles. The predicted octanol–water partition coefficient (Wildman–Crippen LogP) is 2.95. The molecule has 0 aliphatic rings. The summed E-state index contributed by atoms with van der Waals surface area (Å²) < 4.78 is 0. The van der Waals surface area contributed by atoms with Crippen LogP contribution in [0.5, 0.6) is 0 Å². The normalized spacial score (nSPS) is 11.4. The molecule has 1 aromatic rings. The van der Waals surface area contributed by atoms with Crippen LogP contribution in [-0.2, 0) is 4.79 Å². The van der Waals surface area contributed by atoms with Gasteiger partial charge in [0.2, 0.25) is 0 Å². The van der Waals surface area contributed by atoms with Gasteiger partial charge in [-0.25, -0.2) is 4.79 Å². The van der Waals surface area contributed by atoms with Gasteiger partial charge in [-0.2, -0.15) is 0 Å². The van der Waals surface area contributed by atoms with Crippen LogP contribution in [0.1, 0.15) is 25.3 Å². The zero-order valence-corrected chi connectivity index (χ0v) is 8.23. The highest BCUT2D eigenvalue weighted by Crippen LogP contribution is 2.15. The van der Waals surface area contributed by atoms with Crippen LogP contribution in [0.3, 0.4) is 0 Å². The molecule has 0 amide bonds. The van der Waals surface area contributed by atoms with Gasteiger partial charge < -0.3 is 5.11 Å². The number of aliphatic carboxylic acids is 1. The predicted molar refractivity (Wildman–Crippen MR) is 57.0 cm³/mol. The van der Waals surface area contributed by atoms with E-state index in [9.17, 15) is 4.79 Å². The molecule has 0 saturated heterocycles. The van der Waals surface area contributed by atoms with Gasteiger partial charge in [-0.05, 0) is 12.0 Å². The average Bonchev–Trinajstić information content (AvgIpc) is 2.19. The fraction of sp³-hybridized carbons (Fsp3) is 0.250. The lowest BCUT2D eigenvalue weighted by molar-refractivity contribution is -0.130. The maximum Gasteiger partial charge on any atom is 0.335 e. The first kappa shape index (κ1) is 10.5. The van der Waals surface area contributed by atoms with Crippen LogP contribution >= 0.6 is 0 Å². The van der Waals surface area contributed by atoms with Gasteiger partial charge in [-0.3, -0.25) is 0 Å². The summed E-state index contributed by atoms with van der Waals surface area (Å²) in [6.45, 7) is 2.03. The third kappa shape index (κ3) is 2.73. The zero-order valence-electron chi connectivity index (χ0n) is 8.23. The molecule has 0 radical (unpaired) electrons. The van der Waals surface area contributed by atoms with Crippen LogP contribution in [0.25, 0.3) is 5.57 Å². The highest BCUT2D eigenvalue weighted by Gasteiger charge is 2.08. The van der Waals surface area contributed by atoms with Gasteiger partial charge in [0.15, 0.2) is 0 Å². The number of hydrogen-bond donors (Lipinski definition) is 1. The second kappa shape index (κ2) is 5.22. The Morgan fingerprint density at radius 2 is 2.00 bits per heavy atom. The van der Waals surface area contributed by atoms with Gasteiger partial charge in [-0.1, -0.05) is 49.8 Å². The van der Waals surface area contributed by atoms with E-state index in [1.807, 2.05) is 37.3 Å². The lowest BCUT2D eigenvalue weighted by Gasteiger charge is -2.01. The fourth-order valence-corrected chi connectivity index (χ4v) is 1.24. The Bertz CT molecular complexity index is 325. The van der Waals surface area contributed by atoms with Crippen molar-refractivity contribution in [2.24, 2.45) is 0 Å². The third-order valence-corrected chi connectivity index (χ3v) is 1.95. The Balaban J connectivity index is 2.95. The van der Waals surface area contributed by atoms with Gasteiger partial charge >= 0.3 is 5.97 Å². The molecular weight excluding hydrogens is 176 g/mol. The van der Waals surface area contributed by atoms with Gasteiger partial charge in [-0.15, -0.1) is 0 Å². The molecule has 0 aromatic heterocycles. The first-order valence-electron chi connectivity index (χ1n) is 4.74. The molecular formula is C12H14O2. The summed E-state index contributed by atoms with van der Waals surface area (Å²) in [5, 5.41) is 8.99. The molecule has 1 rings (SSSR count). The molecule has 2 heteroatoms. The Hall–Kier alpha value is -1.57. The number of hydrogen-bond acceptors (Lipinski definition) is 1. The standard InChI is InChI=1S/C12H14O2/c1-2-3-9-11(12(13)14)10-7-5-4-6-8-10/h4-9H,2-3H2,1H3,(H,13,14)/b11-9-. The van der Waals surface area contributed by atoms with Crippen molar-refractivity contribution in [1.82, 2.24) is 0 Å². The quantitative estimate of drug-likeness (QED) is 0.741. The molecule has 0 aliphatic carbocycles. The summed E-state index contributed by atoms with van der Waals surface area (Å²) >= 11 is 0. The number of rotatable bonds is 4. The van der Waals surface area contributed by atoms with Crippen molar-refractivity contribution in [2.75, 3.05) is 0 Å². The summed E-state index contributed by atoms with van der Waals surface area (Å²) in [5.74, 6) is -0.857. The SMILES string of the molecule is CCC/C=C(\C(=O)O)c1ccccc1. The van der Waals surface area contributed by atoms with E-state index in [4.69, 9.17) is 5.11 Å². The number of unbranched alkanes of at least 4 members (excludes halogenated alkanes) is 1. The van der Waals surface area contributed by atoms with E-state index in [-0.39, 0.29) is 0 Å². The average molecular weight is 190 g/mol. The molecule has 0 spiro atoms. The monoisotopic (exact) mass is 190 g/mol. The summed E-state index contributed by atoms with van der Waals surface area (Å²) in [7, 11) is 0. The van der Waals surface area contributed by atoms with Crippen molar-refractivity contribution in [3.05, 3.63) is 42.0 Å². The second-order valence-corrected chi connectivity index (χ2v) is 3.08. The first-order valence-corrected chi connectivity index (χ1v) is 4.74. The third-order valence-electron chi connectivity index (χ3n) is 1.95. The van der Waals surface area contributed by atoms with Crippen LogP contribution in [0.15, 0.2) is 36.4 Å². The molecule has 2 nitrogen and oxygen atoms in total. The van der Waals surface area contributed by atoms with Gasteiger partial charge in [0.1, 0.15) is 0 Å². The number of carboxylic acids is 1. The van der Waals surface area contributed by atoms with Crippen molar-refractivity contribution < 1.29 is 9.90 Å². The van der Waals surface area contributed by atoms with Crippen molar-refractivity contribution in [2.45, 2.75) is 19.8 Å². The number of benzene rings is 1. The Kier molecular flexibility index (Phi) is 3.92.